The SMILES string of the molecule is NCCNCC(O)c1c(F)cccc1F. The molecule has 4 N–H and O–H groups in total. The fourth-order valence-corrected chi connectivity index (χ4v) is 1.27. The number of benzene rings is 1. The normalized spacial score (nSPS) is 12.8. The predicted molar refractivity (Wildman–Crippen MR) is 53.2 cm³/mol. The summed E-state index contributed by atoms with van der Waals surface area (Å²) >= 11 is 0. The van der Waals surface area contributed by atoms with Gasteiger partial charge >= 0.3 is 0 Å². The Morgan fingerprint density at radius 2 is 1.93 bits per heavy atom. The molecule has 0 saturated heterocycles. The van der Waals surface area contributed by atoms with Crippen molar-refractivity contribution in [2.24, 2.45) is 5.73 Å². The van der Waals surface area contributed by atoms with Crippen LogP contribution in [0, 0.1) is 11.6 Å². The van der Waals surface area contributed by atoms with Gasteiger partial charge in [-0.3, -0.25) is 0 Å². The minimum Gasteiger partial charge on any atom is -0.387 e. The summed E-state index contributed by atoms with van der Waals surface area (Å²) in [5.41, 5.74) is 4.92. The molecule has 0 saturated carbocycles. The molecule has 0 radical (unpaired) electrons. The first-order valence-corrected chi connectivity index (χ1v) is 4.69. The van der Waals surface area contributed by atoms with Crippen molar-refractivity contribution in [3.63, 3.8) is 0 Å². The molecule has 3 nitrogen and oxygen atoms in total. The van der Waals surface area contributed by atoms with Gasteiger partial charge in [-0.05, 0) is 12.1 Å². The minimum absolute atomic E-state index is 0.0784. The van der Waals surface area contributed by atoms with Crippen LogP contribution in [0.2, 0.25) is 0 Å². The van der Waals surface area contributed by atoms with Gasteiger partial charge in [-0.15, -0.1) is 0 Å². The van der Waals surface area contributed by atoms with Gasteiger partial charge in [-0.25, -0.2) is 8.78 Å². The van der Waals surface area contributed by atoms with Crippen LogP contribution >= 0.6 is 0 Å². The van der Waals surface area contributed by atoms with Crippen molar-refractivity contribution < 1.29 is 13.9 Å². The Kier molecular flexibility index (Phi) is 4.61. The highest BCUT2D eigenvalue weighted by molar-refractivity contribution is 5.22. The van der Waals surface area contributed by atoms with Crippen LogP contribution in [0.5, 0.6) is 0 Å². The Hall–Kier alpha value is -1.04. The number of aliphatic hydroxyl groups excluding tert-OH is 1. The smallest absolute Gasteiger partial charge is 0.131 e. The Morgan fingerprint density at radius 1 is 1.33 bits per heavy atom. The molecule has 0 spiro atoms. The Morgan fingerprint density at radius 3 is 2.47 bits per heavy atom. The second kappa shape index (κ2) is 5.75. The van der Waals surface area contributed by atoms with Crippen LogP contribution in [-0.4, -0.2) is 24.7 Å². The molecule has 0 aliphatic rings. The van der Waals surface area contributed by atoms with E-state index in [0.717, 1.165) is 12.1 Å². The number of halogens is 2. The van der Waals surface area contributed by atoms with Crippen molar-refractivity contribution >= 4 is 0 Å². The van der Waals surface area contributed by atoms with Crippen molar-refractivity contribution in [2.45, 2.75) is 6.10 Å². The lowest BCUT2D eigenvalue weighted by molar-refractivity contribution is 0.165. The largest absolute Gasteiger partial charge is 0.387 e. The van der Waals surface area contributed by atoms with E-state index in [4.69, 9.17) is 5.73 Å². The van der Waals surface area contributed by atoms with Gasteiger partial charge < -0.3 is 16.2 Å². The number of hydrogen-bond acceptors (Lipinski definition) is 3. The first-order chi connectivity index (χ1) is 7.16. The minimum atomic E-state index is -1.20. The second-order valence-corrected chi connectivity index (χ2v) is 3.14. The van der Waals surface area contributed by atoms with Crippen molar-refractivity contribution in [1.29, 1.82) is 0 Å². The maximum absolute atomic E-state index is 13.2. The van der Waals surface area contributed by atoms with Crippen LogP contribution < -0.4 is 11.1 Å². The molecule has 0 bridgehead atoms. The third-order valence-electron chi connectivity index (χ3n) is 1.99. The summed E-state index contributed by atoms with van der Waals surface area (Å²) in [6.45, 7) is 0.981. The summed E-state index contributed by atoms with van der Waals surface area (Å²) < 4.78 is 26.3. The van der Waals surface area contributed by atoms with Crippen LogP contribution in [0.3, 0.4) is 0 Å². The van der Waals surface area contributed by atoms with E-state index in [-0.39, 0.29) is 12.1 Å². The Balaban J connectivity index is 2.68. The first-order valence-electron chi connectivity index (χ1n) is 4.69. The van der Waals surface area contributed by atoms with E-state index in [1.54, 1.807) is 0 Å². The van der Waals surface area contributed by atoms with Gasteiger partial charge in [0.15, 0.2) is 0 Å². The van der Waals surface area contributed by atoms with E-state index in [1.165, 1.54) is 6.07 Å². The van der Waals surface area contributed by atoms with Gasteiger partial charge in [0.05, 0.1) is 11.7 Å². The molecule has 1 unspecified atom stereocenters. The summed E-state index contributed by atoms with van der Waals surface area (Å²) in [6, 6.07) is 3.49. The number of aliphatic hydroxyl groups is 1. The van der Waals surface area contributed by atoms with Crippen molar-refractivity contribution in [2.75, 3.05) is 19.6 Å². The third-order valence-corrected chi connectivity index (χ3v) is 1.99. The molecule has 0 aliphatic carbocycles. The van der Waals surface area contributed by atoms with Gasteiger partial charge in [0.2, 0.25) is 0 Å². The third kappa shape index (κ3) is 3.23. The van der Waals surface area contributed by atoms with Crippen LogP contribution in [0.15, 0.2) is 18.2 Å². The predicted octanol–water partition coefficient (Wildman–Crippen LogP) is 0.546. The van der Waals surface area contributed by atoms with E-state index < -0.39 is 17.7 Å². The molecular formula is C10H14F2N2O. The molecule has 0 aliphatic heterocycles. The van der Waals surface area contributed by atoms with Crippen molar-refractivity contribution in [3.05, 3.63) is 35.4 Å². The van der Waals surface area contributed by atoms with E-state index in [2.05, 4.69) is 5.32 Å². The molecule has 84 valence electrons. The van der Waals surface area contributed by atoms with E-state index in [1.807, 2.05) is 0 Å². The molecule has 1 aromatic carbocycles. The van der Waals surface area contributed by atoms with Gasteiger partial charge in [0, 0.05) is 19.6 Å². The average Bonchev–Trinajstić information content (AvgIpc) is 2.18. The number of nitrogens with two attached hydrogens (primary N) is 1. The van der Waals surface area contributed by atoms with E-state index >= 15 is 0 Å². The zero-order chi connectivity index (χ0) is 11.3. The monoisotopic (exact) mass is 216 g/mol. The number of rotatable bonds is 5. The molecular weight excluding hydrogens is 202 g/mol. The Labute approximate surface area is 86.9 Å². The van der Waals surface area contributed by atoms with Crippen LogP contribution in [0.25, 0.3) is 0 Å². The molecule has 0 amide bonds. The molecule has 1 atom stereocenters. The maximum Gasteiger partial charge on any atom is 0.131 e. The fraction of sp³-hybridized carbons (Fsp3) is 0.400. The van der Waals surface area contributed by atoms with E-state index in [0.29, 0.717) is 13.1 Å². The lowest BCUT2D eigenvalue weighted by atomic mass is 10.1. The molecule has 5 heteroatoms. The molecule has 1 rings (SSSR count). The Bertz CT molecular complexity index is 300. The summed E-state index contributed by atoms with van der Waals surface area (Å²) in [4.78, 5) is 0. The summed E-state index contributed by atoms with van der Waals surface area (Å²) in [6.07, 6.45) is -1.20. The van der Waals surface area contributed by atoms with Gasteiger partial charge in [-0.1, -0.05) is 6.07 Å². The van der Waals surface area contributed by atoms with Crippen LogP contribution in [0.4, 0.5) is 8.78 Å². The summed E-state index contributed by atoms with van der Waals surface area (Å²) in [5, 5.41) is 12.3. The maximum atomic E-state index is 13.2. The van der Waals surface area contributed by atoms with Gasteiger partial charge in [-0.2, -0.15) is 0 Å². The second-order valence-electron chi connectivity index (χ2n) is 3.14. The summed E-state index contributed by atoms with van der Waals surface area (Å²) in [7, 11) is 0. The van der Waals surface area contributed by atoms with Gasteiger partial charge in [0.1, 0.15) is 11.6 Å². The van der Waals surface area contributed by atoms with Crippen molar-refractivity contribution in [1.82, 2.24) is 5.32 Å². The van der Waals surface area contributed by atoms with Crippen LogP contribution in [0.1, 0.15) is 11.7 Å². The first kappa shape index (κ1) is 12.0. The average molecular weight is 216 g/mol. The molecule has 15 heavy (non-hydrogen) atoms. The number of nitrogens with one attached hydrogen (secondary N) is 1. The number of hydrogen-bond donors (Lipinski definition) is 3. The lowest BCUT2D eigenvalue weighted by Crippen LogP contribution is -2.27. The fourth-order valence-electron chi connectivity index (χ4n) is 1.27. The molecule has 1 aromatic rings. The quantitative estimate of drug-likeness (QED) is 0.630. The van der Waals surface area contributed by atoms with E-state index in [9.17, 15) is 13.9 Å². The highest BCUT2D eigenvalue weighted by Crippen LogP contribution is 2.19. The molecule has 0 aromatic heterocycles. The lowest BCUT2D eigenvalue weighted by Gasteiger charge is -2.13. The standard InChI is InChI=1S/C10H14F2N2O/c11-7-2-1-3-8(12)10(7)9(15)6-14-5-4-13/h1-3,9,14-15H,4-6,13H2. The zero-order valence-electron chi connectivity index (χ0n) is 8.21. The summed E-state index contributed by atoms with van der Waals surface area (Å²) in [5.74, 6) is -1.48. The molecule has 0 fully saturated rings. The van der Waals surface area contributed by atoms with Crippen molar-refractivity contribution in [3.8, 4) is 0 Å². The molecule has 0 heterocycles. The topological polar surface area (TPSA) is 58.3 Å². The zero-order valence-corrected chi connectivity index (χ0v) is 8.21. The highest BCUT2D eigenvalue weighted by atomic mass is 19.1. The van der Waals surface area contributed by atoms with Gasteiger partial charge in [0.25, 0.3) is 0 Å². The van der Waals surface area contributed by atoms with Crippen LogP contribution in [-0.2, 0) is 0 Å². The highest BCUT2D eigenvalue weighted by Gasteiger charge is 2.16.